The van der Waals surface area contributed by atoms with E-state index >= 15 is 0 Å². The number of rotatable bonds is 4. The summed E-state index contributed by atoms with van der Waals surface area (Å²) in [5.41, 5.74) is 0. The molecule has 4 nitrogen and oxygen atoms in total. The standard InChI is InChI=1S/C13H16BrNO3S/c14-10-2-1-3-11(8-10)19(16,17)15-12-6-7-18-13(12)9-4-5-9/h1-3,8-9,12-13,15H,4-7H2. The SMILES string of the molecule is O=S(=O)(NC1CCOC1C1CC1)c1cccc(Br)c1. The fourth-order valence-electron chi connectivity index (χ4n) is 2.53. The Kier molecular flexibility index (Phi) is 3.68. The Bertz CT molecular complexity index is 571. The van der Waals surface area contributed by atoms with Crippen LogP contribution in [0.15, 0.2) is 33.6 Å². The Morgan fingerprint density at radius 3 is 2.74 bits per heavy atom. The maximum absolute atomic E-state index is 12.3. The van der Waals surface area contributed by atoms with Gasteiger partial charge in [-0.3, -0.25) is 0 Å². The van der Waals surface area contributed by atoms with E-state index in [-0.39, 0.29) is 12.1 Å². The average Bonchev–Trinajstić information content (AvgIpc) is 3.10. The number of halogens is 1. The molecule has 6 heteroatoms. The molecule has 1 saturated heterocycles. The second-order valence-electron chi connectivity index (χ2n) is 5.15. The molecule has 2 unspecified atom stereocenters. The largest absolute Gasteiger partial charge is 0.376 e. The molecule has 0 amide bonds. The third-order valence-corrected chi connectivity index (χ3v) is 5.62. The second kappa shape index (κ2) is 5.16. The normalized spacial score (nSPS) is 27.6. The maximum Gasteiger partial charge on any atom is 0.240 e. The van der Waals surface area contributed by atoms with Crippen molar-refractivity contribution in [1.29, 1.82) is 0 Å². The lowest BCUT2D eigenvalue weighted by atomic mass is 10.1. The maximum atomic E-state index is 12.3. The molecular formula is C13H16BrNO3S. The van der Waals surface area contributed by atoms with Crippen molar-refractivity contribution in [2.24, 2.45) is 5.92 Å². The van der Waals surface area contributed by atoms with Crippen LogP contribution in [-0.2, 0) is 14.8 Å². The van der Waals surface area contributed by atoms with Crippen LogP contribution in [0.5, 0.6) is 0 Å². The zero-order valence-electron chi connectivity index (χ0n) is 10.4. The van der Waals surface area contributed by atoms with Crippen LogP contribution in [-0.4, -0.2) is 27.2 Å². The monoisotopic (exact) mass is 345 g/mol. The smallest absolute Gasteiger partial charge is 0.240 e. The molecule has 2 fully saturated rings. The third-order valence-electron chi connectivity index (χ3n) is 3.64. The Labute approximate surface area is 121 Å². The van der Waals surface area contributed by atoms with Crippen LogP contribution in [0.1, 0.15) is 19.3 Å². The summed E-state index contributed by atoms with van der Waals surface area (Å²) in [6.45, 7) is 0.646. The second-order valence-corrected chi connectivity index (χ2v) is 7.78. The topological polar surface area (TPSA) is 55.4 Å². The van der Waals surface area contributed by atoms with Crippen LogP contribution < -0.4 is 4.72 Å². The van der Waals surface area contributed by atoms with Crippen LogP contribution in [0.3, 0.4) is 0 Å². The first-order valence-electron chi connectivity index (χ1n) is 6.46. The number of sulfonamides is 1. The summed E-state index contributed by atoms with van der Waals surface area (Å²) in [5, 5.41) is 0. The van der Waals surface area contributed by atoms with E-state index in [1.807, 2.05) is 6.07 Å². The molecule has 0 bridgehead atoms. The quantitative estimate of drug-likeness (QED) is 0.910. The highest BCUT2D eigenvalue weighted by atomic mass is 79.9. The van der Waals surface area contributed by atoms with Crippen molar-refractivity contribution in [3.63, 3.8) is 0 Å². The minimum atomic E-state index is -3.46. The number of hydrogen-bond donors (Lipinski definition) is 1. The van der Waals surface area contributed by atoms with Gasteiger partial charge in [0, 0.05) is 11.1 Å². The minimum Gasteiger partial charge on any atom is -0.376 e. The van der Waals surface area contributed by atoms with Gasteiger partial charge in [-0.25, -0.2) is 13.1 Å². The third kappa shape index (κ3) is 3.02. The molecule has 1 heterocycles. The summed E-state index contributed by atoms with van der Waals surface area (Å²) in [7, 11) is -3.46. The summed E-state index contributed by atoms with van der Waals surface area (Å²) in [6, 6.07) is 6.67. The molecule has 19 heavy (non-hydrogen) atoms. The van der Waals surface area contributed by atoms with Crippen molar-refractivity contribution in [3.05, 3.63) is 28.7 Å². The van der Waals surface area contributed by atoms with E-state index in [2.05, 4.69) is 20.7 Å². The summed E-state index contributed by atoms with van der Waals surface area (Å²) in [6.07, 6.45) is 3.12. The first-order valence-corrected chi connectivity index (χ1v) is 8.73. The van der Waals surface area contributed by atoms with Crippen molar-refractivity contribution < 1.29 is 13.2 Å². The van der Waals surface area contributed by atoms with Gasteiger partial charge in [-0.2, -0.15) is 0 Å². The van der Waals surface area contributed by atoms with Gasteiger partial charge in [-0.05, 0) is 43.4 Å². The van der Waals surface area contributed by atoms with E-state index in [9.17, 15) is 8.42 Å². The van der Waals surface area contributed by atoms with Gasteiger partial charge in [0.05, 0.1) is 17.0 Å². The molecule has 1 N–H and O–H groups in total. The molecule has 1 aromatic carbocycles. The molecule has 1 aliphatic carbocycles. The molecule has 104 valence electrons. The molecule has 0 aromatic heterocycles. The number of ether oxygens (including phenoxy) is 1. The lowest BCUT2D eigenvalue weighted by Gasteiger charge is -2.19. The van der Waals surface area contributed by atoms with Crippen LogP contribution in [0.4, 0.5) is 0 Å². The van der Waals surface area contributed by atoms with Crippen molar-refractivity contribution in [2.45, 2.75) is 36.3 Å². The number of benzene rings is 1. The minimum absolute atomic E-state index is 0.0573. The zero-order chi connectivity index (χ0) is 13.5. The van der Waals surface area contributed by atoms with Crippen LogP contribution in [0, 0.1) is 5.92 Å². The molecule has 2 atom stereocenters. The van der Waals surface area contributed by atoms with E-state index < -0.39 is 10.0 Å². The number of hydrogen-bond acceptors (Lipinski definition) is 3. The lowest BCUT2D eigenvalue weighted by Crippen LogP contribution is -2.41. The molecule has 3 rings (SSSR count). The summed E-state index contributed by atoms with van der Waals surface area (Å²) < 4.78 is 33.9. The molecule has 1 aromatic rings. The Morgan fingerprint density at radius 2 is 2.05 bits per heavy atom. The van der Waals surface area contributed by atoms with Gasteiger partial charge in [0.15, 0.2) is 0 Å². The summed E-state index contributed by atoms with van der Waals surface area (Å²) >= 11 is 3.30. The molecule has 1 saturated carbocycles. The van der Waals surface area contributed by atoms with Gasteiger partial charge >= 0.3 is 0 Å². The van der Waals surface area contributed by atoms with Gasteiger partial charge in [0.2, 0.25) is 10.0 Å². The van der Waals surface area contributed by atoms with Crippen molar-refractivity contribution in [3.8, 4) is 0 Å². The summed E-state index contributed by atoms with van der Waals surface area (Å²) in [4.78, 5) is 0.295. The Balaban J connectivity index is 1.77. The van der Waals surface area contributed by atoms with Crippen molar-refractivity contribution in [2.75, 3.05) is 6.61 Å². The predicted octanol–water partition coefficient (Wildman–Crippen LogP) is 2.29. The molecule has 0 radical (unpaired) electrons. The van der Waals surface area contributed by atoms with Gasteiger partial charge in [-0.15, -0.1) is 0 Å². The Morgan fingerprint density at radius 1 is 1.26 bits per heavy atom. The fourth-order valence-corrected chi connectivity index (χ4v) is 4.41. The van der Waals surface area contributed by atoms with Crippen LogP contribution in [0.2, 0.25) is 0 Å². The molecule has 0 spiro atoms. The van der Waals surface area contributed by atoms with E-state index in [1.165, 1.54) is 0 Å². The Hall–Kier alpha value is -0.430. The molecular weight excluding hydrogens is 330 g/mol. The highest BCUT2D eigenvalue weighted by molar-refractivity contribution is 9.10. The summed E-state index contributed by atoms with van der Waals surface area (Å²) in [5.74, 6) is 0.540. The van der Waals surface area contributed by atoms with Gasteiger partial charge in [0.25, 0.3) is 0 Å². The van der Waals surface area contributed by atoms with Crippen LogP contribution >= 0.6 is 15.9 Å². The van der Waals surface area contributed by atoms with Gasteiger partial charge in [0.1, 0.15) is 0 Å². The van der Waals surface area contributed by atoms with Gasteiger partial charge < -0.3 is 4.74 Å². The zero-order valence-corrected chi connectivity index (χ0v) is 12.8. The van der Waals surface area contributed by atoms with Crippen molar-refractivity contribution in [1.82, 2.24) is 4.72 Å². The molecule has 1 aliphatic heterocycles. The average molecular weight is 346 g/mol. The van der Waals surface area contributed by atoms with E-state index in [0.717, 1.165) is 23.7 Å². The highest BCUT2D eigenvalue weighted by Crippen LogP contribution is 2.39. The van der Waals surface area contributed by atoms with Crippen LogP contribution in [0.25, 0.3) is 0 Å². The van der Waals surface area contributed by atoms with E-state index in [4.69, 9.17) is 4.74 Å². The highest BCUT2D eigenvalue weighted by Gasteiger charge is 2.42. The predicted molar refractivity (Wildman–Crippen MR) is 75.3 cm³/mol. The molecule has 2 aliphatic rings. The van der Waals surface area contributed by atoms with E-state index in [1.54, 1.807) is 18.2 Å². The van der Waals surface area contributed by atoms with E-state index in [0.29, 0.717) is 17.4 Å². The first kappa shape index (κ1) is 13.5. The number of nitrogens with one attached hydrogen (secondary N) is 1. The van der Waals surface area contributed by atoms with Gasteiger partial charge in [-0.1, -0.05) is 22.0 Å². The van der Waals surface area contributed by atoms with Crippen molar-refractivity contribution >= 4 is 26.0 Å². The fraction of sp³-hybridized carbons (Fsp3) is 0.538. The first-order chi connectivity index (χ1) is 9.06. The lowest BCUT2D eigenvalue weighted by molar-refractivity contribution is 0.0848.